The highest BCUT2D eigenvalue weighted by molar-refractivity contribution is 6.51. The van der Waals surface area contributed by atoms with Crippen LogP contribution in [0.15, 0.2) is 72.4 Å². The Kier molecular flexibility index (Phi) is 5.97. The van der Waals surface area contributed by atoms with E-state index in [0.717, 1.165) is 5.56 Å². The first kappa shape index (κ1) is 21.6. The van der Waals surface area contributed by atoms with Crippen LogP contribution in [0.1, 0.15) is 29.8 Å². The first-order valence-corrected chi connectivity index (χ1v) is 10.5. The van der Waals surface area contributed by atoms with Crippen molar-refractivity contribution in [2.24, 2.45) is 0 Å². The highest BCUT2D eigenvalue weighted by Crippen LogP contribution is 2.42. The van der Waals surface area contributed by atoms with Crippen LogP contribution >= 0.6 is 11.6 Å². The van der Waals surface area contributed by atoms with Gasteiger partial charge in [-0.3, -0.25) is 19.5 Å². The fraction of sp³-hybridized carbons (Fsp3) is 0.160. The SMILES string of the molecule is CCOc1ccc(/C(O)=C2\C(=O)C(=O)N(c3ccc(C)c(Cl)c3)C2c2ccccn2)cc1. The molecule has 32 heavy (non-hydrogen) atoms. The molecule has 0 saturated carbocycles. The van der Waals surface area contributed by atoms with Gasteiger partial charge in [0, 0.05) is 22.5 Å². The van der Waals surface area contributed by atoms with Crippen LogP contribution in [0.4, 0.5) is 5.69 Å². The number of nitrogens with zero attached hydrogens (tertiary/aromatic N) is 2. The molecule has 1 fully saturated rings. The van der Waals surface area contributed by atoms with Crippen molar-refractivity contribution in [3.05, 3.63) is 94.3 Å². The number of pyridine rings is 1. The van der Waals surface area contributed by atoms with Crippen LogP contribution in [-0.2, 0) is 9.59 Å². The molecule has 0 spiro atoms. The number of Topliss-reactive ketones (excluding diaryl/α,β-unsaturated/α-hetero) is 1. The van der Waals surface area contributed by atoms with E-state index in [1.54, 1.807) is 66.9 Å². The average Bonchev–Trinajstić information content (AvgIpc) is 3.07. The fourth-order valence-corrected chi connectivity index (χ4v) is 3.85. The van der Waals surface area contributed by atoms with Crippen LogP contribution in [0, 0.1) is 6.92 Å². The number of rotatable bonds is 5. The zero-order valence-electron chi connectivity index (χ0n) is 17.6. The average molecular weight is 449 g/mol. The molecule has 2 aromatic carbocycles. The zero-order chi connectivity index (χ0) is 22.8. The standard InChI is InChI=1S/C25H21ClN2O4/c1-3-32-18-11-8-16(9-12-18)23(29)21-22(20-6-4-5-13-27-20)28(25(31)24(21)30)17-10-7-15(2)19(26)14-17/h4-14,22,29H,3H2,1-2H3/b23-21+. The van der Waals surface area contributed by atoms with E-state index in [1.165, 1.54) is 4.90 Å². The van der Waals surface area contributed by atoms with Gasteiger partial charge in [0.15, 0.2) is 0 Å². The summed E-state index contributed by atoms with van der Waals surface area (Å²) in [5.74, 6) is -1.18. The molecule has 1 aromatic heterocycles. The van der Waals surface area contributed by atoms with Crippen molar-refractivity contribution >= 4 is 34.7 Å². The normalized spacial score (nSPS) is 17.6. The predicted octanol–water partition coefficient (Wildman–Crippen LogP) is 5.07. The van der Waals surface area contributed by atoms with Crippen LogP contribution in [0.3, 0.4) is 0 Å². The quantitative estimate of drug-likeness (QED) is 0.335. The lowest BCUT2D eigenvalue weighted by Gasteiger charge is -2.25. The Morgan fingerprint density at radius 1 is 1.12 bits per heavy atom. The minimum atomic E-state index is -0.901. The second-order valence-corrected chi connectivity index (χ2v) is 7.72. The summed E-state index contributed by atoms with van der Waals surface area (Å²) in [6.07, 6.45) is 1.58. The van der Waals surface area contributed by atoms with E-state index < -0.39 is 17.7 Å². The molecule has 7 heteroatoms. The van der Waals surface area contributed by atoms with Crippen molar-refractivity contribution < 1.29 is 19.4 Å². The molecular formula is C25H21ClN2O4. The second kappa shape index (κ2) is 8.85. The monoisotopic (exact) mass is 448 g/mol. The molecular weight excluding hydrogens is 428 g/mol. The summed E-state index contributed by atoms with van der Waals surface area (Å²) in [6, 6.07) is 16.1. The summed E-state index contributed by atoms with van der Waals surface area (Å²) in [6.45, 7) is 4.23. The first-order chi connectivity index (χ1) is 15.4. The van der Waals surface area contributed by atoms with E-state index in [-0.39, 0.29) is 11.3 Å². The molecule has 0 aliphatic carbocycles. The van der Waals surface area contributed by atoms with Crippen molar-refractivity contribution in [3.63, 3.8) is 0 Å². The molecule has 0 radical (unpaired) electrons. The predicted molar refractivity (Wildman–Crippen MR) is 123 cm³/mol. The highest BCUT2D eigenvalue weighted by Gasteiger charge is 2.47. The summed E-state index contributed by atoms with van der Waals surface area (Å²) >= 11 is 6.29. The zero-order valence-corrected chi connectivity index (χ0v) is 18.3. The van der Waals surface area contributed by atoms with E-state index in [1.807, 2.05) is 13.8 Å². The Morgan fingerprint density at radius 2 is 1.88 bits per heavy atom. The van der Waals surface area contributed by atoms with E-state index in [4.69, 9.17) is 16.3 Å². The van der Waals surface area contributed by atoms with Gasteiger partial charge in [0.05, 0.1) is 17.9 Å². The number of benzene rings is 2. The molecule has 1 aliphatic heterocycles. The van der Waals surface area contributed by atoms with Crippen LogP contribution in [-0.4, -0.2) is 28.4 Å². The Morgan fingerprint density at radius 3 is 2.50 bits per heavy atom. The number of aryl methyl sites for hydroxylation is 1. The minimum absolute atomic E-state index is 0.0328. The van der Waals surface area contributed by atoms with Gasteiger partial charge in [-0.05, 0) is 67.9 Å². The van der Waals surface area contributed by atoms with Gasteiger partial charge in [0.25, 0.3) is 11.7 Å². The number of carbonyl (C=O) groups excluding carboxylic acids is 2. The number of ether oxygens (including phenoxy) is 1. The van der Waals surface area contributed by atoms with E-state index in [0.29, 0.717) is 34.3 Å². The van der Waals surface area contributed by atoms with Gasteiger partial charge in [0.2, 0.25) is 0 Å². The second-order valence-electron chi connectivity index (χ2n) is 7.31. The fourth-order valence-electron chi connectivity index (χ4n) is 3.68. The summed E-state index contributed by atoms with van der Waals surface area (Å²) in [5, 5.41) is 11.6. The molecule has 1 aliphatic rings. The maximum absolute atomic E-state index is 13.1. The topological polar surface area (TPSA) is 79.7 Å². The summed E-state index contributed by atoms with van der Waals surface area (Å²) in [5.41, 5.74) is 2.11. The van der Waals surface area contributed by atoms with Gasteiger partial charge in [-0.25, -0.2) is 0 Å². The van der Waals surface area contributed by atoms with Gasteiger partial charge in [-0.2, -0.15) is 0 Å². The highest BCUT2D eigenvalue weighted by atomic mass is 35.5. The Labute approximate surface area is 190 Å². The lowest BCUT2D eigenvalue weighted by Crippen LogP contribution is -2.29. The van der Waals surface area contributed by atoms with Gasteiger partial charge in [0.1, 0.15) is 17.6 Å². The number of hydrogen-bond acceptors (Lipinski definition) is 5. The molecule has 162 valence electrons. The third kappa shape index (κ3) is 3.85. The lowest BCUT2D eigenvalue weighted by atomic mass is 9.98. The Balaban J connectivity index is 1.88. The van der Waals surface area contributed by atoms with Gasteiger partial charge < -0.3 is 9.84 Å². The molecule has 1 N–H and O–H groups in total. The molecule has 6 nitrogen and oxygen atoms in total. The summed E-state index contributed by atoms with van der Waals surface area (Å²) in [4.78, 5) is 31.9. The van der Waals surface area contributed by atoms with E-state index in [2.05, 4.69) is 4.98 Å². The third-order valence-corrected chi connectivity index (χ3v) is 5.69. The Hall–Kier alpha value is -3.64. The van der Waals surface area contributed by atoms with Gasteiger partial charge in [-0.15, -0.1) is 0 Å². The van der Waals surface area contributed by atoms with Crippen molar-refractivity contribution in [1.29, 1.82) is 0 Å². The van der Waals surface area contributed by atoms with Crippen LogP contribution in [0.2, 0.25) is 5.02 Å². The number of hydrogen-bond donors (Lipinski definition) is 1. The molecule has 3 aromatic rings. The smallest absolute Gasteiger partial charge is 0.300 e. The van der Waals surface area contributed by atoms with E-state index in [9.17, 15) is 14.7 Å². The number of aliphatic hydroxyl groups is 1. The number of halogens is 1. The van der Waals surface area contributed by atoms with Crippen molar-refractivity contribution in [2.75, 3.05) is 11.5 Å². The summed E-state index contributed by atoms with van der Waals surface area (Å²) < 4.78 is 5.44. The Bertz CT molecular complexity index is 1210. The molecule has 1 atom stereocenters. The van der Waals surface area contributed by atoms with Crippen molar-refractivity contribution in [3.8, 4) is 5.75 Å². The molecule has 4 rings (SSSR count). The van der Waals surface area contributed by atoms with Crippen molar-refractivity contribution in [1.82, 2.24) is 4.98 Å². The molecule has 1 amide bonds. The van der Waals surface area contributed by atoms with Crippen LogP contribution < -0.4 is 9.64 Å². The number of amides is 1. The first-order valence-electron chi connectivity index (χ1n) is 10.1. The molecule has 2 heterocycles. The number of carbonyl (C=O) groups is 2. The molecule has 0 bridgehead atoms. The van der Waals surface area contributed by atoms with Gasteiger partial charge >= 0.3 is 0 Å². The lowest BCUT2D eigenvalue weighted by molar-refractivity contribution is -0.132. The minimum Gasteiger partial charge on any atom is -0.507 e. The van der Waals surface area contributed by atoms with Crippen LogP contribution in [0.5, 0.6) is 5.75 Å². The maximum atomic E-state index is 13.1. The third-order valence-electron chi connectivity index (χ3n) is 5.28. The largest absolute Gasteiger partial charge is 0.507 e. The van der Waals surface area contributed by atoms with E-state index >= 15 is 0 Å². The maximum Gasteiger partial charge on any atom is 0.300 e. The number of anilines is 1. The van der Waals surface area contributed by atoms with Crippen molar-refractivity contribution in [2.45, 2.75) is 19.9 Å². The summed E-state index contributed by atoms with van der Waals surface area (Å²) in [7, 11) is 0. The van der Waals surface area contributed by atoms with Crippen LogP contribution in [0.25, 0.3) is 5.76 Å². The number of aliphatic hydroxyl groups excluding tert-OH is 1. The number of aromatic nitrogens is 1. The number of ketones is 1. The molecule has 1 unspecified atom stereocenters. The van der Waals surface area contributed by atoms with Gasteiger partial charge in [-0.1, -0.05) is 23.7 Å². The molecule has 1 saturated heterocycles.